The number of hydrogen-bond donors (Lipinski definition) is 1. The lowest BCUT2D eigenvalue weighted by Gasteiger charge is -2.21. The fourth-order valence-corrected chi connectivity index (χ4v) is 2.82. The second-order valence-electron chi connectivity index (χ2n) is 6.36. The lowest BCUT2D eigenvalue weighted by molar-refractivity contribution is 0.590. The fraction of sp³-hybridized carbons (Fsp3) is 0.333. The third-order valence-corrected chi connectivity index (χ3v) is 4.13. The molecule has 2 aromatic carbocycles. The van der Waals surface area contributed by atoms with Gasteiger partial charge in [-0.2, -0.15) is 0 Å². The van der Waals surface area contributed by atoms with E-state index in [2.05, 4.69) is 57.3 Å². The van der Waals surface area contributed by atoms with Gasteiger partial charge in [0.05, 0.1) is 0 Å². The molecule has 112 valence electrons. The molecule has 2 rings (SSSR count). The Hall–Kier alpha value is -1.18. The van der Waals surface area contributed by atoms with Crippen LogP contribution in [-0.4, -0.2) is 0 Å². The molecule has 0 aromatic heterocycles. The Morgan fingerprint density at radius 2 is 1.57 bits per heavy atom. The summed E-state index contributed by atoms with van der Waals surface area (Å²) in [7, 11) is 0. The first-order valence-electron chi connectivity index (χ1n) is 7.09. The number of nitrogens with one attached hydrogen (secondary N) is 1. The summed E-state index contributed by atoms with van der Waals surface area (Å²) >= 11 is 12.2. The standard InChI is InChI=1S/C18H21Cl2N/c1-12(16-10-7-14(19)11-17(16)20)21-15-8-5-13(6-9-15)18(2,3)4/h5-12,21H,1-4H3. The van der Waals surface area contributed by atoms with E-state index in [4.69, 9.17) is 23.2 Å². The summed E-state index contributed by atoms with van der Waals surface area (Å²) in [5.74, 6) is 0. The average molecular weight is 322 g/mol. The van der Waals surface area contributed by atoms with Crippen molar-refractivity contribution in [1.29, 1.82) is 0 Å². The molecule has 0 saturated carbocycles. The van der Waals surface area contributed by atoms with Gasteiger partial charge in [0.1, 0.15) is 0 Å². The van der Waals surface area contributed by atoms with E-state index in [0.717, 1.165) is 11.3 Å². The molecule has 0 aliphatic heterocycles. The highest BCUT2D eigenvalue weighted by molar-refractivity contribution is 6.35. The third-order valence-electron chi connectivity index (χ3n) is 3.56. The molecule has 3 heteroatoms. The molecule has 21 heavy (non-hydrogen) atoms. The summed E-state index contributed by atoms with van der Waals surface area (Å²) in [5, 5.41) is 4.82. The molecule has 0 aliphatic carbocycles. The van der Waals surface area contributed by atoms with Crippen LogP contribution in [0, 0.1) is 0 Å². The van der Waals surface area contributed by atoms with Crippen LogP contribution in [0.2, 0.25) is 10.0 Å². The summed E-state index contributed by atoms with van der Waals surface area (Å²) in [6.07, 6.45) is 0. The molecule has 1 unspecified atom stereocenters. The zero-order valence-electron chi connectivity index (χ0n) is 12.9. The average Bonchev–Trinajstić information content (AvgIpc) is 2.38. The van der Waals surface area contributed by atoms with E-state index < -0.39 is 0 Å². The van der Waals surface area contributed by atoms with Gasteiger partial charge in [-0.1, -0.05) is 62.2 Å². The second kappa shape index (κ2) is 6.29. The van der Waals surface area contributed by atoms with Crippen molar-refractivity contribution in [3.63, 3.8) is 0 Å². The topological polar surface area (TPSA) is 12.0 Å². The van der Waals surface area contributed by atoms with Crippen LogP contribution in [0.1, 0.15) is 44.9 Å². The molecule has 0 spiro atoms. The number of anilines is 1. The van der Waals surface area contributed by atoms with Gasteiger partial charge in [-0.05, 0) is 47.7 Å². The predicted molar refractivity (Wildman–Crippen MR) is 93.6 cm³/mol. The van der Waals surface area contributed by atoms with Gasteiger partial charge in [0.25, 0.3) is 0 Å². The van der Waals surface area contributed by atoms with Gasteiger partial charge in [0.15, 0.2) is 0 Å². The van der Waals surface area contributed by atoms with Crippen molar-refractivity contribution in [3.05, 3.63) is 63.6 Å². The minimum atomic E-state index is 0.121. The highest BCUT2D eigenvalue weighted by Crippen LogP contribution is 2.29. The van der Waals surface area contributed by atoms with Crippen LogP contribution < -0.4 is 5.32 Å². The van der Waals surface area contributed by atoms with E-state index in [0.29, 0.717) is 10.0 Å². The highest BCUT2D eigenvalue weighted by atomic mass is 35.5. The van der Waals surface area contributed by atoms with Crippen molar-refractivity contribution in [2.24, 2.45) is 0 Å². The van der Waals surface area contributed by atoms with Crippen molar-refractivity contribution in [2.45, 2.75) is 39.2 Å². The fourth-order valence-electron chi connectivity index (χ4n) is 2.25. The Labute approximate surface area is 137 Å². The third kappa shape index (κ3) is 4.15. The van der Waals surface area contributed by atoms with Crippen LogP contribution in [0.4, 0.5) is 5.69 Å². The van der Waals surface area contributed by atoms with Crippen molar-refractivity contribution in [1.82, 2.24) is 0 Å². The van der Waals surface area contributed by atoms with Crippen LogP contribution in [0.3, 0.4) is 0 Å². The molecule has 2 aromatic rings. The Balaban J connectivity index is 2.14. The molecule has 0 bridgehead atoms. The molecule has 0 fully saturated rings. The Morgan fingerprint density at radius 3 is 2.10 bits per heavy atom. The minimum absolute atomic E-state index is 0.121. The number of halogens is 2. The maximum Gasteiger partial charge on any atom is 0.0500 e. The van der Waals surface area contributed by atoms with Gasteiger partial charge in [-0.3, -0.25) is 0 Å². The SMILES string of the molecule is CC(Nc1ccc(C(C)(C)C)cc1)c1ccc(Cl)cc1Cl. The van der Waals surface area contributed by atoms with E-state index in [1.54, 1.807) is 6.07 Å². The van der Waals surface area contributed by atoms with E-state index in [1.807, 2.05) is 12.1 Å². The van der Waals surface area contributed by atoms with Crippen LogP contribution in [0.15, 0.2) is 42.5 Å². The second-order valence-corrected chi connectivity index (χ2v) is 7.20. The maximum atomic E-state index is 6.25. The summed E-state index contributed by atoms with van der Waals surface area (Å²) < 4.78 is 0. The van der Waals surface area contributed by atoms with Crippen molar-refractivity contribution in [3.8, 4) is 0 Å². The van der Waals surface area contributed by atoms with Crippen molar-refractivity contribution in [2.75, 3.05) is 5.32 Å². The first-order valence-corrected chi connectivity index (χ1v) is 7.85. The van der Waals surface area contributed by atoms with Crippen LogP contribution in [-0.2, 0) is 5.41 Å². The zero-order chi connectivity index (χ0) is 15.6. The van der Waals surface area contributed by atoms with E-state index in [1.165, 1.54) is 5.56 Å². The quantitative estimate of drug-likeness (QED) is 0.683. The monoisotopic (exact) mass is 321 g/mol. The van der Waals surface area contributed by atoms with Gasteiger partial charge in [-0.15, -0.1) is 0 Å². The molecule has 1 N–H and O–H groups in total. The first-order chi connectivity index (χ1) is 9.77. The Morgan fingerprint density at radius 1 is 0.952 bits per heavy atom. The van der Waals surface area contributed by atoms with Crippen LogP contribution >= 0.6 is 23.2 Å². The van der Waals surface area contributed by atoms with Gasteiger partial charge >= 0.3 is 0 Å². The molecule has 1 atom stereocenters. The lowest BCUT2D eigenvalue weighted by Crippen LogP contribution is -2.11. The normalized spacial score (nSPS) is 13.0. The van der Waals surface area contributed by atoms with Crippen molar-refractivity contribution < 1.29 is 0 Å². The Bertz CT molecular complexity index is 612. The number of hydrogen-bond acceptors (Lipinski definition) is 1. The van der Waals surface area contributed by atoms with Gasteiger partial charge in [-0.25, -0.2) is 0 Å². The number of benzene rings is 2. The zero-order valence-corrected chi connectivity index (χ0v) is 14.4. The molecular weight excluding hydrogens is 301 g/mol. The van der Waals surface area contributed by atoms with Crippen LogP contribution in [0.25, 0.3) is 0 Å². The van der Waals surface area contributed by atoms with Crippen molar-refractivity contribution >= 4 is 28.9 Å². The molecule has 0 saturated heterocycles. The summed E-state index contributed by atoms with van der Waals surface area (Å²) in [6, 6.07) is 14.3. The molecule has 0 heterocycles. The molecule has 0 aliphatic rings. The molecule has 0 amide bonds. The van der Waals surface area contributed by atoms with E-state index in [-0.39, 0.29) is 11.5 Å². The number of rotatable bonds is 3. The molecule has 0 radical (unpaired) electrons. The van der Waals surface area contributed by atoms with Gasteiger partial charge in [0, 0.05) is 21.8 Å². The van der Waals surface area contributed by atoms with E-state index in [9.17, 15) is 0 Å². The van der Waals surface area contributed by atoms with Gasteiger partial charge in [0.2, 0.25) is 0 Å². The summed E-state index contributed by atoms with van der Waals surface area (Å²) in [6.45, 7) is 8.73. The first kappa shape index (κ1) is 16.2. The smallest absolute Gasteiger partial charge is 0.0500 e. The lowest BCUT2D eigenvalue weighted by atomic mass is 9.87. The van der Waals surface area contributed by atoms with Gasteiger partial charge < -0.3 is 5.32 Å². The largest absolute Gasteiger partial charge is 0.378 e. The summed E-state index contributed by atoms with van der Waals surface area (Å²) in [5.41, 5.74) is 3.62. The minimum Gasteiger partial charge on any atom is -0.378 e. The maximum absolute atomic E-state index is 6.25. The highest BCUT2D eigenvalue weighted by Gasteiger charge is 2.14. The Kier molecular flexibility index (Phi) is 4.85. The van der Waals surface area contributed by atoms with E-state index >= 15 is 0 Å². The summed E-state index contributed by atoms with van der Waals surface area (Å²) in [4.78, 5) is 0. The predicted octanol–water partition coefficient (Wildman–Crippen LogP) is 6.46. The molecular formula is C18H21Cl2N. The van der Waals surface area contributed by atoms with Crippen LogP contribution in [0.5, 0.6) is 0 Å². The molecule has 1 nitrogen and oxygen atoms in total.